The molecule has 3 aromatic rings. The van der Waals surface area contributed by atoms with Crippen LogP contribution in [0.4, 0.5) is 4.39 Å². The highest BCUT2D eigenvalue weighted by Gasteiger charge is 2.24. The Hall–Kier alpha value is -2.74. The number of fused-ring (bicyclic) bond motifs is 1. The van der Waals surface area contributed by atoms with Crippen LogP contribution in [0.2, 0.25) is 0 Å². The van der Waals surface area contributed by atoms with E-state index in [-0.39, 0.29) is 30.9 Å². The van der Waals surface area contributed by atoms with Crippen molar-refractivity contribution in [3.63, 3.8) is 0 Å². The van der Waals surface area contributed by atoms with Crippen LogP contribution in [-0.2, 0) is 17.9 Å². The first kappa shape index (κ1) is 20.5. The standard InChI is InChI=1S/C22H24FN3O3S/c1-24(17-5-3-2-4-6-17)19(27)14-25-18-11-12-30-20(18)21(28)26(22(25)29)13-15-7-9-16(23)10-8-15/h7-12,17H,2-6,13-14H2,1H3. The second-order valence-corrected chi connectivity index (χ2v) is 8.73. The minimum atomic E-state index is -0.527. The average molecular weight is 430 g/mol. The number of rotatable bonds is 5. The lowest BCUT2D eigenvalue weighted by molar-refractivity contribution is -0.133. The van der Waals surface area contributed by atoms with Gasteiger partial charge in [0.2, 0.25) is 5.91 Å². The molecular weight excluding hydrogens is 405 g/mol. The summed E-state index contributed by atoms with van der Waals surface area (Å²) in [6.45, 7) is -0.0821. The van der Waals surface area contributed by atoms with Crippen molar-refractivity contribution in [2.45, 2.75) is 51.2 Å². The van der Waals surface area contributed by atoms with Crippen molar-refractivity contribution < 1.29 is 9.18 Å². The third-order valence-electron chi connectivity index (χ3n) is 5.90. The number of aromatic nitrogens is 2. The number of nitrogens with zero attached hydrogens (tertiary/aromatic N) is 3. The molecule has 1 fully saturated rings. The molecular formula is C22H24FN3O3S. The van der Waals surface area contributed by atoms with Crippen LogP contribution in [0.5, 0.6) is 0 Å². The summed E-state index contributed by atoms with van der Waals surface area (Å²) >= 11 is 1.25. The lowest BCUT2D eigenvalue weighted by Gasteiger charge is -2.31. The molecule has 1 aliphatic rings. The maximum atomic E-state index is 13.2. The van der Waals surface area contributed by atoms with Crippen molar-refractivity contribution in [1.29, 1.82) is 0 Å². The molecule has 0 saturated heterocycles. The molecule has 0 radical (unpaired) electrons. The van der Waals surface area contributed by atoms with Gasteiger partial charge in [0, 0.05) is 13.1 Å². The smallest absolute Gasteiger partial charge is 0.332 e. The van der Waals surface area contributed by atoms with Gasteiger partial charge in [-0.3, -0.25) is 18.7 Å². The van der Waals surface area contributed by atoms with Crippen molar-refractivity contribution in [2.24, 2.45) is 0 Å². The highest BCUT2D eigenvalue weighted by molar-refractivity contribution is 7.17. The second kappa shape index (κ2) is 8.55. The molecule has 0 aliphatic heterocycles. The molecule has 1 saturated carbocycles. The van der Waals surface area contributed by atoms with Crippen molar-refractivity contribution in [1.82, 2.24) is 14.0 Å². The predicted molar refractivity (Wildman–Crippen MR) is 115 cm³/mol. The van der Waals surface area contributed by atoms with Gasteiger partial charge in [0.05, 0.1) is 12.1 Å². The van der Waals surface area contributed by atoms with E-state index < -0.39 is 11.2 Å². The Bertz CT molecular complexity index is 1170. The van der Waals surface area contributed by atoms with Crippen LogP contribution in [0.15, 0.2) is 45.3 Å². The summed E-state index contributed by atoms with van der Waals surface area (Å²) in [4.78, 5) is 40.8. The number of thiophene rings is 1. The summed E-state index contributed by atoms with van der Waals surface area (Å²) in [5, 5.41) is 1.75. The SMILES string of the molecule is CN(C(=O)Cn1c(=O)n(Cc2ccc(F)cc2)c(=O)c2sccc21)C1CCCCC1. The van der Waals surface area contributed by atoms with Crippen LogP contribution in [0.25, 0.3) is 10.2 Å². The van der Waals surface area contributed by atoms with Gasteiger partial charge in [-0.15, -0.1) is 11.3 Å². The second-order valence-electron chi connectivity index (χ2n) is 7.82. The molecule has 1 aliphatic carbocycles. The lowest BCUT2D eigenvalue weighted by atomic mass is 9.94. The number of carbonyl (C=O) groups is 1. The molecule has 0 atom stereocenters. The van der Waals surface area contributed by atoms with E-state index in [1.54, 1.807) is 35.5 Å². The molecule has 0 spiro atoms. The molecule has 1 amide bonds. The van der Waals surface area contributed by atoms with E-state index in [4.69, 9.17) is 0 Å². The van der Waals surface area contributed by atoms with Crippen molar-refractivity contribution in [3.8, 4) is 0 Å². The Morgan fingerprint density at radius 1 is 1.10 bits per heavy atom. The van der Waals surface area contributed by atoms with Gasteiger partial charge in [-0.05, 0) is 42.0 Å². The van der Waals surface area contributed by atoms with E-state index in [9.17, 15) is 18.8 Å². The molecule has 0 bridgehead atoms. The number of halogens is 1. The molecule has 30 heavy (non-hydrogen) atoms. The highest BCUT2D eigenvalue weighted by Crippen LogP contribution is 2.22. The fraction of sp³-hybridized carbons (Fsp3) is 0.409. The van der Waals surface area contributed by atoms with E-state index in [0.717, 1.165) is 30.3 Å². The zero-order valence-corrected chi connectivity index (χ0v) is 17.7. The summed E-state index contributed by atoms with van der Waals surface area (Å²) < 4.78 is 16.2. The van der Waals surface area contributed by atoms with Gasteiger partial charge in [0.1, 0.15) is 17.1 Å². The maximum Gasteiger partial charge on any atom is 0.332 e. The molecule has 4 rings (SSSR count). The topological polar surface area (TPSA) is 64.3 Å². The van der Waals surface area contributed by atoms with E-state index in [1.807, 2.05) is 0 Å². The summed E-state index contributed by atoms with van der Waals surface area (Å²) in [5.41, 5.74) is 0.207. The van der Waals surface area contributed by atoms with Crippen LogP contribution >= 0.6 is 11.3 Å². The van der Waals surface area contributed by atoms with Gasteiger partial charge in [-0.25, -0.2) is 9.18 Å². The van der Waals surface area contributed by atoms with Crippen LogP contribution in [0.1, 0.15) is 37.7 Å². The first-order chi connectivity index (χ1) is 14.5. The third kappa shape index (κ3) is 3.96. The number of hydrogen-bond acceptors (Lipinski definition) is 4. The molecule has 6 nitrogen and oxygen atoms in total. The van der Waals surface area contributed by atoms with Crippen molar-refractivity contribution in [3.05, 3.63) is 67.9 Å². The number of amides is 1. The van der Waals surface area contributed by atoms with E-state index in [1.165, 1.54) is 34.5 Å². The maximum absolute atomic E-state index is 13.2. The fourth-order valence-electron chi connectivity index (χ4n) is 4.12. The minimum absolute atomic E-state index is 0.0262. The van der Waals surface area contributed by atoms with Gasteiger partial charge >= 0.3 is 5.69 Å². The molecule has 1 aromatic carbocycles. The normalized spacial score (nSPS) is 14.9. The largest absolute Gasteiger partial charge is 0.341 e. The average Bonchev–Trinajstić information content (AvgIpc) is 3.25. The van der Waals surface area contributed by atoms with Crippen molar-refractivity contribution in [2.75, 3.05) is 7.05 Å². The molecule has 2 aromatic heterocycles. The summed E-state index contributed by atoms with van der Waals surface area (Å²) in [7, 11) is 1.79. The van der Waals surface area contributed by atoms with Gasteiger partial charge < -0.3 is 4.90 Å². The predicted octanol–water partition coefficient (Wildman–Crippen LogP) is 3.20. The molecule has 158 valence electrons. The molecule has 0 N–H and O–H groups in total. The van der Waals surface area contributed by atoms with Crippen LogP contribution in [0.3, 0.4) is 0 Å². The Kier molecular flexibility index (Phi) is 5.85. The van der Waals surface area contributed by atoms with E-state index in [2.05, 4.69) is 0 Å². The molecule has 8 heteroatoms. The molecule has 2 heterocycles. The Labute approximate surface area is 177 Å². The number of carbonyl (C=O) groups excluding carboxylic acids is 1. The third-order valence-corrected chi connectivity index (χ3v) is 6.79. The minimum Gasteiger partial charge on any atom is -0.341 e. The van der Waals surface area contributed by atoms with Crippen molar-refractivity contribution >= 4 is 27.5 Å². The van der Waals surface area contributed by atoms with E-state index >= 15 is 0 Å². The Balaban J connectivity index is 1.69. The zero-order chi connectivity index (χ0) is 21.3. The van der Waals surface area contributed by atoms with Crippen LogP contribution < -0.4 is 11.2 Å². The van der Waals surface area contributed by atoms with Crippen LogP contribution in [-0.4, -0.2) is 33.0 Å². The lowest BCUT2D eigenvalue weighted by Crippen LogP contribution is -2.45. The van der Waals surface area contributed by atoms with Gasteiger partial charge in [0.15, 0.2) is 0 Å². The van der Waals surface area contributed by atoms with Gasteiger partial charge in [-0.1, -0.05) is 31.4 Å². The zero-order valence-electron chi connectivity index (χ0n) is 16.8. The van der Waals surface area contributed by atoms with Crippen LogP contribution in [0, 0.1) is 5.82 Å². The Morgan fingerprint density at radius 2 is 1.80 bits per heavy atom. The number of likely N-dealkylation sites (N-methyl/N-ethyl adjacent to an activating group) is 1. The summed E-state index contributed by atoms with van der Waals surface area (Å²) in [5.74, 6) is -0.517. The first-order valence-electron chi connectivity index (χ1n) is 10.2. The van der Waals surface area contributed by atoms with Gasteiger partial charge in [-0.2, -0.15) is 0 Å². The quantitative estimate of drug-likeness (QED) is 0.626. The highest BCUT2D eigenvalue weighted by atomic mass is 32.1. The fourth-order valence-corrected chi connectivity index (χ4v) is 4.96. The van der Waals surface area contributed by atoms with E-state index in [0.29, 0.717) is 15.8 Å². The number of benzene rings is 1. The summed E-state index contributed by atoms with van der Waals surface area (Å²) in [6.07, 6.45) is 5.38. The number of hydrogen-bond donors (Lipinski definition) is 0. The first-order valence-corrected chi connectivity index (χ1v) is 11.0. The van der Waals surface area contributed by atoms with Gasteiger partial charge in [0.25, 0.3) is 5.56 Å². The Morgan fingerprint density at radius 3 is 2.50 bits per heavy atom. The monoisotopic (exact) mass is 429 g/mol. The molecule has 0 unspecified atom stereocenters. The summed E-state index contributed by atoms with van der Waals surface area (Å²) in [6, 6.07) is 7.60.